The van der Waals surface area contributed by atoms with E-state index in [0.29, 0.717) is 16.2 Å². The van der Waals surface area contributed by atoms with Crippen molar-refractivity contribution in [2.45, 2.75) is 19.9 Å². The van der Waals surface area contributed by atoms with Gasteiger partial charge in [0.15, 0.2) is 10.7 Å². The van der Waals surface area contributed by atoms with Gasteiger partial charge in [-0.05, 0) is 26.0 Å². The zero-order valence-corrected chi connectivity index (χ0v) is 12.3. The van der Waals surface area contributed by atoms with Crippen LogP contribution in [-0.4, -0.2) is 15.5 Å². The van der Waals surface area contributed by atoms with Crippen molar-refractivity contribution in [3.05, 3.63) is 45.9 Å². The third kappa shape index (κ3) is 2.47. The molecule has 2 heterocycles. The van der Waals surface area contributed by atoms with Crippen LogP contribution in [0.3, 0.4) is 0 Å². The van der Waals surface area contributed by atoms with E-state index in [1.54, 1.807) is 37.4 Å². The minimum Gasteiger partial charge on any atom is -0.408 e. The van der Waals surface area contributed by atoms with Gasteiger partial charge < -0.3 is 9.73 Å². The number of nitrogens with one attached hydrogen (secondary N) is 1. The molecule has 2 aromatic heterocycles. The summed E-state index contributed by atoms with van der Waals surface area (Å²) in [5.41, 5.74) is 1.06. The lowest BCUT2D eigenvalue weighted by Crippen LogP contribution is -2.29. The summed E-state index contributed by atoms with van der Waals surface area (Å²) in [5, 5.41) is 3.23. The van der Waals surface area contributed by atoms with Gasteiger partial charge in [0.2, 0.25) is 5.91 Å². The molecule has 3 rings (SSSR count). The summed E-state index contributed by atoms with van der Waals surface area (Å²) in [7, 11) is 0. The molecule has 1 aromatic carbocycles. The Balaban J connectivity index is 1.93. The van der Waals surface area contributed by atoms with Gasteiger partial charge >= 0.3 is 5.76 Å². The largest absolute Gasteiger partial charge is 0.420 e. The van der Waals surface area contributed by atoms with E-state index in [-0.39, 0.29) is 5.91 Å². The van der Waals surface area contributed by atoms with Gasteiger partial charge in [-0.1, -0.05) is 12.1 Å². The first-order chi connectivity index (χ1) is 10.1. The lowest BCUT2D eigenvalue weighted by molar-refractivity contribution is -0.118. The van der Waals surface area contributed by atoms with E-state index in [1.165, 1.54) is 15.9 Å². The fourth-order valence-electron chi connectivity index (χ4n) is 2.09. The number of anilines is 1. The van der Waals surface area contributed by atoms with Gasteiger partial charge in [0.1, 0.15) is 6.04 Å². The van der Waals surface area contributed by atoms with E-state index in [0.717, 1.165) is 4.88 Å². The molecule has 1 atom stereocenters. The number of aromatic nitrogens is 2. The van der Waals surface area contributed by atoms with Gasteiger partial charge in [-0.25, -0.2) is 9.78 Å². The number of hydrogen-bond acceptors (Lipinski definition) is 5. The second kappa shape index (κ2) is 5.17. The van der Waals surface area contributed by atoms with Gasteiger partial charge in [-0.3, -0.25) is 9.36 Å². The summed E-state index contributed by atoms with van der Waals surface area (Å²) >= 11 is 1.38. The van der Waals surface area contributed by atoms with Gasteiger partial charge in [0.25, 0.3) is 0 Å². The highest BCUT2D eigenvalue weighted by atomic mass is 32.1. The summed E-state index contributed by atoms with van der Waals surface area (Å²) in [6.07, 6.45) is 1.68. The number of benzene rings is 1. The Bertz CT molecular complexity index is 862. The molecule has 1 N–H and O–H groups in total. The highest BCUT2D eigenvalue weighted by molar-refractivity contribution is 7.15. The number of hydrogen-bond donors (Lipinski definition) is 1. The minimum atomic E-state index is -0.689. The molecule has 0 aliphatic heterocycles. The molecule has 21 heavy (non-hydrogen) atoms. The summed E-state index contributed by atoms with van der Waals surface area (Å²) in [6.45, 7) is 3.56. The Labute approximate surface area is 124 Å². The number of para-hydroxylation sites is 2. The topological polar surface area (TPSA) is 77.1 Å². The molecule has 7 heteroatoms. The van der Waals surface area contributed by atoms with Crippen LogP contribution >= 0.6 is 11.3 Å². The first-order valence-electron chi connectivity index (χ1n) is 6.39. The molecular formula is C14H13N3O3S. The zero-order valence-electron chi connectivity index (χ0n) is 11.5. The van der Waals surface area contributed by atoms with Crippen LogP contribution < -0.4 is 11.1 Å². The van der Waals surface area contributed by atoms with Crippen LogP contribution in [0.15, 0.2) is 39.7 Å². The molecule has 1 amide bonds. The lowest BCUT2D eigenvalue weighted by atomic mass is 10.2. The summed E-state index contributed by atoms with van der Waals surface area (Å²) < 4.78 is 6.48. The predicted molar refractivity (Wildman–Crippen MR) is 80.7 cm³/mol. The number of fused-ring (bicyclic) bond motifs is 1. The zero-order chi connectivity index (χ0) is 15.0. The lowest BCUT2D eigenvalue weighted by Gasteiger charge is -2.11. The van der Waals surface area contributed by atoms with Crippen LogP contribution in [0.4, 0.5) is 5.13 Å². The van der Waals surface area contributed by atoms with E-state index in [9.17, 15) is 9.59 Å². The van der Waals surface area contributed by atoms with Gasteiger partial charge in [-0.2, -0.15) is 0 Å². The van der Waals surface area contributed by atoms with Gasteiger partial charge in [0, 0.05) is 11.1 Å². The highest BCUT2D eigenvalue weighted by Gasteiger charge is 2.21. The fourth-order valence-corrected chi connectivity index (χ4v) is 2.76. The normalized spacial score (nSPS) is 12.5. The smallest absolute Gasteiger partial charge is 0.408 e. The van der Waals surface area contributed by atoms with E-state index in [2.05, 4.69) is 10.3 Å². The third-order valence-corrected chi connectivity index (χ3v) is 3.97. The number of rotatable bonds is 3. The molecule has 0 bridgehead atoms. The minimum absolute atomic E-state index is 0.307. The average molecular weight is 303 g/mol. The van der Waals surface area contributed by atoms with Crippen molar-refractivity contribution in [1.29, 1.82) is 0 Å². The van der Waals surface area contributed by atoms with E-state index >= 15 is 0 Å². The monoisotopic (exact) mass is 303 g/mol. The van der Waals surface area contributed by atoms with Crippen molar-refractivity contribution in [2.75, 3.05) is 5.32 Å². The number of amides is 1. The maximum atomic E-state index is 12.3. The number of carbonyl (C=O) groups excluding carboxylic acids is 1. The van der Waals surface area contributed by atoms with Crippen molar-refractivity contribution in [1.82, 2.24) is 9.55 Å². The van der Waals surface area contributed by atoms with E-state index in [4.69, 9.17) is 4.42 Å². The first kappa shape index (κ1) is 13.6. The number of carbonyl (C=O) groups is 1. The van der Waals surface area contributed by atoms with Crippen molar-refractivity contribution in [3.8, 4) is 0 Å². The molecule has 0 aliphatic rings. The fraction of sp³-hybridized carbons (Fsp3) is 0.214. The van der Waals surface area contributed by atoms with Crippen LogP contribution in [0.5, 0.6) is 0 Å². The molecule has 1 unspecified atom stereocenters. The standard InChI is InChI=1S/C14H13N3O3S/c1-8-7-15-13(21-8)16-12(18)9(2)17-10-5-3-4-6-11(10)20-14(17)19/h3-7,9H,1-2H3,(H,15,16,18). The average Bonchev–Trinajstić information content (AvgIpc) is 3.00. The Morgan fingerprint density at radius 2 is 2.19 bits per heavy atom. The molecule has 6 nitrogen and oxygen atoms in total. The molecule has 0 saturated heterocycles. The van der Waals surface area contributed by atoms with Crippen molar-refractivity contribution in [3.63, 3.8) is 0 Å². The quantitative estimate of drug-likeness (QED) is 0.806. The first-order valence-corrected chi connectivity index (χ1v) is 7.21. The Kier molecular flexibility index (Phi) is 3.34. The molecule has 108 valence electrons. The van der Waals surface area contributed by atoms with Crippen molar-refractivity contribution < 1.29 is 9.21 Å². The molecule has 0 aliphatic carbocycles. The Hall–Kier alpha value is -2.41. The summed E-state index contributed by atoms with van der Waals surface area (Å²) in [4.78, 5) is 29.3. The van der Waals surface area contributed by atoms with Crippen LogP contribution in [-0.2, 0) is 4.79 Å². The number of thiazole rings is 1. The molecule has 0 fully saturated rings. The van der Waals surface area contributed by atoms with Crippen molar-refractivity contribution >= 4 is 33.5 Å². The second-order valence-electron chi connectivity index (χ2n) is 4.65. The maximum Gasteiger partial charge on any atom is 0.420 e. The second-order valence-corrected chi connectivity index (χ2v) is 5.88. The van der Waals surface area contributed by atoms with Gasteiger partial charge in [0.05, 0.1) is 5.52 Å². The number of oxazole rings is 1. The highest BCUT2D eigenvalue weighted by Crippen LogP contribution is 2.20. The van der Waals surface area contributed by atoms with E-state index < -0.39 is 11.8 Å². The molecule has 0 saturated carbocycles. The van der Waals surface area contributed by atoms with Crippen LogP contribution in [0.2, 0.25) is 0 Å². The van der Waals surface area contributed by atoms with Gasteiger partial charge in [-0.15, -0.1) is 11.3 Å². The Morgan fingerprint density at radius 1 is 1.43 bits per heavy atom. The van der Waals surface area contributed by atoms with E-state index in [1.807, 2.05) is 6.92 Å². The SMILES string of the molecule is Cc1cnc(NC(=O)C(C)n2c(=O)oc3ccccc32)s1. The summed E-state index contributed by atoms with van der Waals surface area (Å²) in [6, 6.07) is 6.33. The van der Waals surface area contributed by atoms with Crippen molar-refractivity contribution in [2.24, 2.45) is 0 Å². The summed E-state index contributed by atoms with van der Waals surface area (Å²) in [5.74, 6) is -0.854. The molecule has 0 spiro atoms. The van der Waals surface area contributed by atoms with Crippen LogP contribution in [0, 0.1) is 6.92 Å². The third-order valence-electron chi connectivity index (χ3n) is 3.14. The molecule has 0 radical (unpaired) electrons. The van der Waals surface area contributed by atoms with Crippen LogP contribution in [0.25, 0.3) is 11.1 Å². The van der Waals surface area contributed by atoms with Crippen LogP contribution in [0.1, 0.15) is 17.8 Å². The Morgan fingerprint density at radius 3 is 2.90 bits per heavy atom. The maximum absolute atomic E-state index is 12.3. The number of aryl methyl sites for hydroxylation is 1. The predicted octanol–water partition coefficient (Wildman–Crippen LogP) is 2.56. The molecular weight excluding hydrogens is 290 g/mol. The number of nitrogens with zero attached hydrogens (tertiary/aromatic N) is 2. The molecule has 3 aromatic rings.